The van der Waals surface area contributed by atoms with Crippen molar-refractivity contribution in [3.63, 3.8) is 0 Å². The molecule has 2 saturated heterocycles. The van der Waals surface area contributed by atoms with E-state index < -0.39 is 0 Å². The Morgan fingerprint density at radius 1 is 1.04 bits per heavy atom. The predicted molar refractivity (Wildman–Crippen MR) is 105 cm³/mol. The van der Waals surface area contributed by atoms with Crippen LogP contribution in [0.4, 0.5) is 0 Å². The number of benzene rings is 1. The number of hydrogen-bond acceptors (Lipinski definition) is 2. The molecule has 2 N–H and O–H groups in total. The highest BCUT2D eigenvalue weighted by Crippen LogP contribution is 2.40. The molecule has 5 heteroatoms. The van der Waals surface area contributed by atoms with E-state index in [1.807, 2.05) is 12.1 Å². The Morgan fingerprint density at radius 2 is 1.64 bits per heavy atom. The molecule has 3 aliphatic rings. The maximum absolute atomic E-state index is 13.3. The van der Waals surface area contributed by atoms with Crippen molar-refractivity contribution < 1.29 is 4.79 Å². The van der Waals surface area contributed by atoms with Gasteiger partial charge in [-0.25, -0.2) is 0 Å². The Labute approximate surface area is 161 Å². The average Bonchev–Trinajstić information content (AvgIpc) is 2.94. The minimum Gasteiger partial charge on any atom is -0.352 e. The van der Waals surface area contributed by atoms with E-state index in [1.165, 1.54) is 19.3 Å². The summed E-state index contributed by atoms with van der Waals surface area (Å²) in [6, 6.07) is 9.50. The molecular weight excluding hydrogens is 355 g/mol. The van der Waals surface area contributed by atoms with Gasteiger partial charge in [-0.05, 0) is 56.2 Å². The van der Waals surface area contributed by atoms with Crippen molar-refractivity contribution in [1.29, 1.82) is 0 Å². The third-order valence-electron chi connectivity index (χ3n) is 6.35. The molecule has 138 valence electrons. The number of fused-ring (bicyclic) bond motifs is 2. The number of piperidine rings is 1. The molecule has 0 radical (unpaired) electrons. The molecular formula is C20H28Cl2N2O. The lowest BCUT2D eigenvalue weighted by molar-refractivity contribution is -0.129. The van der Waals surface area contributed by atoms with Crippen LogP contribution in [0.3, 0.4) is 0 Å². The Kier molecular flexibility index (Phi) is 5.97. The second-order valence-electron chi connectivity index (χ2n) is 7.93. The number of halogens is 2. The van der Waals surface area contributed by atoms with Gasteiger partial charge < -0.3 is 10.6 Å². The number of carbonyl (C=O) groups is 1. The fourth-order valence-corrected chi connectivity index (χ4v) is 5.20. The summed E-state index contributed by atoms with van der Waals surface area (Å²) in [5.41, 5.74) is 0.785. The smallest absolute Gasteiger partial charge is 0.230 e. The third kappa shape index (κ3) is 3.84. The van der Waals surface area contributed by atoms with Crippen LogP contribution in [-0.2, 0) is 10.2 Å². The number of amides is 1. The summed E-state index contributed by atoms with van der Waals surface area (Å²) < 4.78 is 0. The van der Waals surface area contributed by atoms with E-state index in [1.54, 1.807) is 0 Å². The monoisotopic (exact) mass is 382 g/mol. The number of nitrogens with one attached hydrogen (secondary N) is 2. The molecule has 3 fully saturated rings. The van der Waals surface area contributed by atoms with E-state index in [2.05, 4.69) is 22.8 Å². The zero-order valence-corrected chi connectivity index (χ0v) is 16.2. The Morgan fingerprint density at radius 3 is 2.24 bits per heavy atom. The fraction of sp³-hybridized carbons (Fsp3) is 0.650. The van der Waals surface area contributed by atoms with Crippen LogP contribution in [0.2, 0.25) is 5.02 Å². The largest absolute Gasteiger partial charge is 0.352 e. The first-order valence-corrected chi connectivity index (χ1v) is 9.87. The molecule has 4 rings (SSSR count). The SMILES string of the molecule is Cl.O=C(NC1CC2CCC(C1)N2)C1(c2ccc(Cl)cc2)CCCCC1. The third-order valence-corrected chi connectivity index (χ3v) is 6.60. The van der Waals surface area contributed by atoms with Crippen LogP contribution in [0.15, 0.2) is 24.3 Å². The van der Waals surface area contributed by atoms with Gasteiger partial charge in [-0.3, -0.25) is 4.79 Å². The molecule has 0 aromatic heterocycles. The van der Waals surface area contributed by atoms with E-state index in [-0.39, 0.29) is 23.7 Å². The lowest BCUT2D eigenvalue weighted by atomic mass is 9.68. The predicted octanol–water partition coefficient (Wildman–Crippen LogP) is 4.36. The number of rotatable bonds is 3. The highest BCUT2D eigenvalue weighted by atomic mass is 35.5. The summed E-state index contributed by atoms with van der Waals surface area (Å²) in [4.78, 5) is 13.3. The van der Waals surface area contributed by atoms with Gasteiger partial charge >= 0.3 is 0 Å². The Balaban J connectivity index is 0.00000182. The summed E-state index contributed by atoms with van der Waals surface area (Å²) in [5, 5.41) is 7.82. The molecule has 2 atom stereocenters. The van der Waals surface area contributed by atoms with E-state index in [0.29, 0.717) is 18.1 Å². The summed E-state index contributed by atoms with van der Waals surface area (Å²) in [6.07, 6.45) is 10.1. The molecule has 1 aliphatic carbocycles. The van der Waals surface area contributed by atoms with Crippen molar-refractivity contribution in [3.8, 4) is 0 Å². The normalized spacial score (nSPS) is 30.4. The lowest BCUT2D eigenvalue weighted by Crippen LogP contribution is -2.53. The van der Waals surface area contributed by atoms with Gasteiger partial charge in [-0.1, -0.05) is 43.0 Å². The molecule has 1 aromatic rings. The molecule has 0 spiro atoms. The second-order valence-corrected chi connectivity index (χ2v) is 8.37. The van der Waals surface area contributed by atoms with Gasteiger partial charge in [0.05, 0.1) is 5.41 Å². The Bertz CT molecular complexity index is 586. The molecule has 1 amide bonds. The van der Waals surface area contributed by atoms with Crippen LogP contribution in [-0.4, -0.2) is 24.0 Å². The van der Waals surface area contributed by atoms with Gasteiger partial charge in [0.1, 0.15) is 0 Å². The topological polar surface area (TPSA) is 41.1 Å². The van der Waals surface area contributed by atoms with E-state index in [4.69, 9.17) is 11.6 Å². The van der Waals surface area contributed by atoms with Crippen molar-refractivity contribution in [2.45, 2.75) is 81.3 Å². The quantitative estimate of drug-likeness (QED) is 0.814. The van der Waals surface area contributed by atoms with E-state index in [9.17, 15) is 4.79 Å². The average molecular weight is 383 g/mol. The zero-order chi connectivity index (χ0) is 16.6. The van der Waals surface area contributed by atoms with E-state index >= 15 is 0 Å². The molecule has 2 heterocycles. The van der Waals surface area contributed by atoms with Gasteiger partial charge in [-0.2, -0.15) is 0 Å². The minimum absolute atomic E-state index is 0. The number of carbonyl (C=O) groups excluding carboxylic acids is 1. The van der Waals surface area contributed by atoms with Gasteiger partial charge in [0, 0.05) is 23.1 Å². The van der Waals surface area contributed by atoms with Crippen molar-refractivity contribution in [3.05, 3.63) is 34.9 Å². The summed E-state index contributed by atoms with van der Waals surface area (Å²) >= 11 is 6.06. The highest BCUT2D eigenvalue weighted by Gasteiger charge is 2.43. The van der Waals surface area contributed by atoms with Crippen molar-refractivity contribution in [1.82, 2.24) is 10.6 Å². The zero-order valence-electron chi connectivity index (χ0n) is 14.6. The van der Waals surface area contributed by atoms with Crippen LogP contribution >= 0.6 is 24.0 Å². The maximum Gasteiger partial charge on any atom is 0.230 e. The Hall–Kier alpha value is -0.770. The van der Waals surface area contributed by atoms with Crippen molar-refractivity contribution >= 4 is 29.9 Å². The van der Waals surface area contributed by atoms with Gasteiger partial charge in [0.15, 0.2) is 0 Å². The van der Waals surface area contributed by atoms with Crippen LogP contribution < -0.4 is 10.6 Å². The molecule has 1 saturated carbocycles. The van der Waals surface area contributed by atoms with E-state index in [0.717, 1.165) is 49.1 Å². The van der Waals surface area contributed by atoms with Gasteiger partial charge in [0.2, 0.25) is 5.91 Å². The molecule has 25 heavy (non-hydrogen) atoms. The first-order valence-electron chi connectivity index (χ1n) is 9.49. The highest BCUT2D eigenvalue weighted by molar-refractivity contribution is 6.30. The van der Waals surface area contributed by atoms with Gasteiger partial charge in [0.25, 0.3) is 0 Å². The maximum atomic E-state index is 13.3. The fourth-order valence-electron chi connectivity index (χ4n) is 5.07. The minimum atomic E-state index is -0.354. The molecule has 2 aliphatic heterocycles. The van der Waals surface area contributed by atoms with Crippen LogP contribution in [0.1, 0.15) is 63.4 Å². The summed E-state index contributed by atoms with van der Waals surface area (Å²) in [5.74, 6) is 0.246. The number of hydrogen-bond donors (Lipinski definition) is 2. The van der Waals surface area contributed by atoms with Crippen LogP contribution in [0.5, 0.6) is 0 Å². The molecule has 2 bridgehead atoms. The first-order chi connectivity index (χ1) is 11.7. The second kappa shape index (κ2) is 7.85. The molecule has 1 aromatic carbocycles. The van der Waals surface area contributed by atoms with Crippen molar-refractivity contribution in [2.24, 2.45) is 0 Å². The standard InChI is InChI=1S/C20H27ClN2O.ClH/c21-15-6-4-14(5-7-15)20(10-2-1-3-11-20)19(24)23-18-12-16-8-9-17(13-18)22-16;/h4-7,16-18,22H,1-3,8-13H2,(H,23,24);1H. The van der Waals surface area contributed by atoms with Crippen molar-refractivity contribution in [2.75, 3.05) is 0 Å². The lowest BCUT2D eigenvalue weighted by Gasteiger charge is -2.39. The molecule has 2 unspecified atom stereocenters. The first kappa shape index (κ1) is 19.0. The van der Waals surface area contributed by atoms with Gasteiger partial charge in [-0.15, -0.1) is 12.4 Å². The van der Waals surface area contributed by atoms with Crippen LogP contribution in [0.25, 0.3) is 0 Å². The summed E-state index contributed by atoms with van der Waals surface area (Å²) in [6.45, 7) is 0. The van der Waals surface area contributed by atoms with Crippen LogP contribution in [0, 0.1) is 0 Å². The summed E-state index contributed by atoms with van der Waals surface area (Å²) in [7, 11) is 0. The molecule has 3 nitrogen and oxygen atoms in total.